The van der Waals surface area contributed by atoms with E-state index in [1.54, 1.807) is 33.5 Å². The summed E-state index contributed by atoms with van der Waals surface area (Å²) in [4.78, 5) is 14.5. The van der Waals surface area contributed by atoms with Gasteiger partial charge in [-0.1, -0.05) is 6.07 Å². The molecule has 2 aromatic rings. The summed E-state index contributed by atoms with van der Waals surface area (Å²) in [7, 11) is 6.57. The van der Waals surface area contributed by atoms with Crippen molar-refractivity contribution in [2.75, 3.05) is 53.5 Å². The van der Waals surface area contributed by atoms with Crippen molar-refractivity contribution in [2.45, 2.75) is 6.54 Å². The summed E-state index contributed by atoms with van der Waals surface area (Å²) in [6.07, 6.45) is 0. The number of amides is 1. The summed E-state index contributed by atoms with van der Waals surface area (Å²) in [5, 5.41) is 2.91. The van der Waals surface area contributed by atoms with Crippen LogP contribution in [0.5, 0.6) is 28.7 Å². The average Bonchev–Trinajstić information content (AvgIpc) is 2.73. The number of hydrogen-bond acceptors (Lipinski definition) is 7. The van der Waals surface area contributed by atoms with Gasteiger partial charge >= 0.3 is 0 Å². The third kappa shape index (κ3) is 4.91. The van der Waals surface area contributed by atoms with E-state index in [0.29, 0.717) is 54.2 Å². The van der Waals surface area contributed by atoms with Gasteiger partial charge in [0.25, 0.3) is 0 Å². The van der Waals surface area contributed by atoms with Crippen LogP contribution in [0.15, 0.2) is 28.7 Å². The van der Waals surface area contributed by atoms with Gasteiger partial charge in [0.15, 0.2) is 23.0 Å². The van der Waals surface area contributed by atoms with E-state index in [2.05, 4.69) is 21.2 Å². The lowest BCUT2D eigenvalue weighted by molar-refractivity contribution is -0.117. The Bertz CT molecular complexity index is 921. The number of nitrogens with one attached hydrogen (secondary N) is 1. The van der Waals surface area contributed by atoms with Crippen LogP contribution in [-0.2, 0) is 11.3 Å². The van der Waals surface area contributed by atoms with Crippen LogP contribution in [0.4, 0.5) is 5.69 Å². The molecule has 0 unspecified atom stereocenters. The number of carbonyl (C=O) groups excluding carboxylic acids is 1. The minimum Gasteiger partial charge on any atom is -0.493 e. The molecule has 0 radical (unpaired) electrons. The number of ether oxygens (including phenoxy) is 5. The molecule has 1 heterocycles. The number of fused-ring (bicyclic) bond motifs is 1. The van der Waals surface area contributed by atoms with Crippen molar-refractivity contribution in [1.29, 1.82) is 0 Å². The van der Waals surface area contributed by atoms with Crippen molar-refractivity contribution >= 4 is 27.5 Å². The van der Waals surface area contributed by atoms with E-state index in [0.717, 1.165) is 10.0 Å². The first-order valence-electron chi connectivity index (χ1n) is 9.32. The summed E-state index contributed by atoms with van der Waals surface area (Å²) in [5.74, 6) is 2.80. The molecular weight excluding hydrogens is 456 g/mol. The van der Waals surface area contributed by atoms with Crippen LogP contribution in [0.1, 0.15) is 5.56 Å². The summed E-state index contributed by atoms with van der Waals surface area (Å²) in [6, 6.07) is 7.26. The molecule has 1 aliphatic rings. The molecule has 0 saturated carbocycles. The highest BCUT2D eigenvalue weighted by Crippen LogP contribution is 2.40. The van der Waals surface area contributed by atoms with E-state index in [-0.39, 0.29) is 12.5 Å². The third-order valence-corrected chi connectivity index (χ3v) is 5.20. The predicted octanol–water partition coefficient (Wildman–Crippen LogP) is 3.32. The number of rotatable bonds is 8. The lowest BCUT2D eigenvalue weighted by atomic mass is 10.1. The Kier molecular flexibility index (Phi) is 7.28. The molecule has 1 amide bonds. The fraction of sp³-hybridized carbons (Fsp3) is 0.381. The van der Waals surface area contributed by atoms with Gasteiger partial charge in [-0.15, -0.1) is 0 Å². The van der Waals surface area contributed by atoms with Crippen LogP contribution >= 0.6 is 15.9 Å². The molecule has 8 nitrogen and oxygen atoms in total. The Morgan fingerprint density at radius 2 is 1.73 bits per heavy atom. The van der Waals surface area contributed by atoms with E-state index >= 15 is 0 Å². The second kappa shape index (κ2) is 9.90. The molecule has 9 heteroatoms. The van der Waals surface area contributed by atoms with Gasteiger partial charge in [-0.25, -0.2) is 0 Å². The van der Waals surface area contributed by atoms with Gasteiger partial charge in [0.05, 0.1) is 33.6 Å². The highest BCUT2D eigenvalue weighted by Gasteiger charge is 2.19. The lowest BCUT2D eigenvalue weighted by Crippen LogP contribution is -2.30. The van der Waals surface area contributed by atoms with Crippen molar-refractivity contribution in [1.82, 2.24) is 4.90 Å². The molecule has 0 spiro atoms. The summed E-state index contributed by atoms with van der Waals surface area (Å²) < 4.78 is 28.1. The maximum atomic E-state index is 12.6. The minimum atomic E-state index is -0.158. The summed E-state index contributed by atoms with van der Waals surface area (Å²) in [6.45, 7) is 1.66. The Balaban J connectivity index is 1.67. The van der Waals surface area contributed by atoms with E-state index in [1.807, 2.05) is 24.1 Å². The minimum absolute atomic E-state index is 0.158. The number of methoxy groups -OCH3 is 3. The van der Waals surface area contributed by atoms with Crippen LogP contribution in [0, 0.1) is 0 Å². The zero-order valence-corrected chi connectivity index (χ0v) is 19.0. The van der Waals surface area contributed by atoms with Crippen molar-refractivity contribution in [3.8, 4) is 28.7 Å². The van der Waals surface area contributed by atoms with Gasteiger partial charge < -0.3 is 29.0 Å². The van der Waals surface area contributed by atoms with Gasteiger partial charge in [0.2, 0.25) is 11.7 Å². The number of nitrogens with zero attached hydrogens (tertiary/aromatic N) is 1. The second-order valence-corrected chi connectivity index (χ2v) is 7.54. The van der Waals surface area contributed by atoms with E-state index in [4.69, 9.17) is 23.7 Å². The van der Waals surface area contributed by atoms with Crippen molar-refractivity contribution in [3.63, 3.8) is 0 Å². The van der Waals surface area contributed by atoms with Gasteiger partial charge in [-0.05, 0) is 29.0 Å². The normalized spacial score (nSPS) is 12.5. The van der Waals surface area contributed by atoms with Crippen LogP contribution < -0.4 is 29.0 Å². The first-order chi connectivity index (χ1) is 14.5. The molecule has 1 N–H and O–H groups in total. The topological polar surface area (TPSA) is 78.5 Å². The first kappa shape index (κ1) is 22.0. The molecule has 0 aromatic heterocycles. The van der Waals surface area contributed by atoms with Crippen LogP contribution in [0.2, 0.25) is 0 Å². The van der Waals surface area contributed by atoms with E-state index < -0.39 is 0 Å². The van der Waals surface area contributed by atoms with Gasteiger partial charge in [0.1, 0.15) is 13.2 Å². The quantitative estimate of drug-likeness (QED) is 0.620. The Labute approximate surface area is 184 Å². The average molecular weight is 481 g/mol. The first-order valence-corrected chi connectivity index (χ1v) is 10.1. The number of halogens is 1. The second-order valence-electron chi connectivity index (χ2n) is 6.69. The van der Waals surface area contributed by atoms with Gasteiger partial charge in [0, 0.05) is 28.7 Å². The zero-order chi connectivity index (χ0) is 21.7. The fourth-order valence-corrected chi connectivity index (χ4v) is 3.65. The number of benzene rings is 2. The van der Waals surface area contributed by atoms with Crippen LogP contribution in [-0.4, -0.2) is 58.9 Å². The van der Waals surface area contributed by atoms with Gasteiger partial charge in [-0.3, -0.25) is 9.69 Å². The monoisotopic (exact) mass is 480 g/mol. The Hall–Kier alpha value is -2.65. The van der Waals surface area contributed by atoms with Crippen LogP contribution in [0.25, 0.3) is 0 Å². The molecule has 30 heavy (non-hydrogen) atoms. The molecule has 0 fully saturated rings. The maximum absolute atomic E-state index is 12.6. The number of hydrogen-bond donors (Lipinski definition) is 1. The van der Waals surface area contributed by atoms with Crippen LogP contribution in [0.3, 0.4) is 0 Å². The summed E-state index contributed by atoms with van der Waals surface area (Å²) >= 11 is 3.47. The number of carbonyl (C=O) groups is 1. The van der Waals surface area contributed by atoms with Crippen molar-refractivity contribution in [2.24, 2.45) is 0 Å². The SMILES string of the molecule is COc1ccc(CN(C)CC(=O)Nc2cc3c(cc2Br)OCCO3)c(OC)c1OC. The molecule has 162 valence electrons. The molecule has 3 rings (SSSR count). The highest BCUT2D eigenvalue weighted by molar-refractivity contribution is 9.10. The molecule has 0 bridgehead atoms. The molecule has 1 aliphatic heterocycles. The van der Waals surface area contributed by atoms with Gasteiger partial charge in [-0.2, -0.15) is 0 Å². The van der Waals surface area contributed by atoms with E-state index in [9.17, 15) is 4.79 Å². The molecule has 2 aromatic carbocycles. The molecular formula is C21H25BrN2O6. The Morgan fingerprint density at radius 3 is 2.37 bits per heavy atom. The lowest BCUT2D eigenvalue weighted by Gasteiger charge is -2.22. The third-order valence-electron chi connectivity index (χ3n) is 4.55. The standard InChI is InChI=1S/C21H25BrN2O6/c1-24(11-13-5-6-16(26-2)21(28-4)20(13)27-3)12-19(25)23-15-10-18-17(9-14(15)22)29-7-8-30-18/h5-6,9-10H,7-8,11-12H2,1-4H3,(H,23,25). The smallest absolute Gasteiger partial charge is 0.238 e. The zero-order valence-electron chi connectivity index (χ0n) is 17.4. The number of likely N-dealkylation sites (N-methyl/N-ethyl adjacent to an activating group) is 1. The fourth-order valence-electron chi connectivity index (χ4n) is 3.23. The maximum Gasteiger partial charge on any atom is 0.238 e. The van der Waals surface area contributed by atoms with E-state index in [1.165, 1.54) is 0 Å². The molecule has 0 aliphatic carbocycles. The predicted molar refractivity (Wildman–Crippen MR) is 116 cm³/mol. The highest BCUT2D eigenvalue weighted by atomic mass is 79.9. The van der Waals surface area contributed by atoms with Crippen molar-refractivity contribution in [3.05, 3.63) is 34.3 Å². The molecule has 0 atom stereocenters. The summed E-state index contributed by atoms with van der Waals surface area (Å²) in [5.41, 5.74) is 1.51. The Morgan fingerprint density at radius 1 is 1.07 bits per heavy atom. The van der Waals surface area contributed by atoms with Crippen molar-refractivity contribution < 1.29 is 28.5 Å². The molecule has 0 saturated heterocycles. The number of anilines is 1. The largest absolute Gasteiger partial charge is 0.493 e.